The van der Waals surface area contributed by atoms with E-state index in [1.807, 2.05) is 11.8 Å². The first-order chi connectivity index (χ1) is 9.91. The van der Waals surface area contributed by atoms with Crippen LogP contribution in [-0.2, 0) is 5.54 Å². The third kappa shape index (κ3) is 1.63. The summed E-state index contributed by atoms with van der Waals surface area (Å²) in [5, 5.41) is 1.21. The predicted molar refractivity (Wildman–Crippen MR) is 85.1 cm³/mol. The van der Waals surface area contributed by atoms with E-state index in [2.05, 4.69) is 65.6 Å². The lowest BCUT2D eigenvalue weighted by Crippen LogP contribution is -2.45. The number of aliphatic imine (C=N–C) groups is 1. The fourth-order valence-electron chi connectivity index (χ4n) is 3.24. The average Bonchev–Trinajstić information content (AvgIpc) is 3.11. The quantitative estimate of drug-likeness (QED) is 0.838. The summed E-state index contributed by atoms with van der Waals surface area (Å²) in [6, 6.07) is 21.6. The predicted octanol–water partition coefficient (Wildman–Crippen LogP) is 3.35. The van der Waals surface area contributed by atoms with E-state index >= 15 is 0 Å². The summed E-state index contributed by atoms with van der Waals surface area (Å²) in [4.78, 5) is 7.30. The highest BCUT2D eigenvalue weighted by Crippen LogP contribution is 2.44. The van der Waals surface area contributed by atoms with Gasteiger partial charge in [0, 0.05) is 12.3 Å². The van der Waals surface area contributed by atoms with E-state index in [-0.39, 0.29) is 5.54 Å². The SMILES string of the molecule is c1ccc(C2(c3ccccc3)CN=C3SCCN32)cc1. The van der Waals surface area contributed by atoms with Gasteiger partial charge in [0.05, 0.1) is 6.54 Å². The molecule has 3 heteroatoms. The van der Waals surface area contributed by atoms with Crippen molar-refractivity contribution in [3.8, 4) is 0 Å². The van der Waals surface area contributed by atoms with E-state index in [4.69, 9.17) is 4.99 Å². The number of hydrogen-bond donors (Lipinski definition) is 0. The normalized spacial score (nSPS) is 19.8. The Kier molecular flexibility index (Phi) is 2.81. The molecule has 1 fully saturated rings. The molecule has 0 radical (unpaired) electrons. The second-order valence-electron chi connectivity index (χ2n) is 5.19. The summed E-state index contributed by atoms with van der Waals surface area (Å²) in [5.74, 6) is 1.14. The van der Waals surface area contributed by atoms with Crippen molar-refractivity contribution in [1.82, 2.24) is 4.90 Å². The molecule has 0 aromatic heterocycles. The molecule has 2 heterocycles. The number of amidine groups is 1. The van der Waals surface area contributed by atoms with Crippen LogP contribution in [0.2, 0.25) is 0 Å². The van der Waals surface area contributed by atoms with Crippen molar-refractivity contribution in [1.29, 1.82) is 0 Å². The smallest absolute Gasteiger partial charge is 0.160 e. The van der Waals surface area contributed by atoms with Gasteiger partial charge >= 0.3 is 0 Å². The van der Waals surface area contributed by atoms with Crippen molar-refractivity contribution in [2.75, 3.05) is 18.8 Å². The van der Waals surface area contributed by atoms with Crippen LogP contribution in [0.3, 0.4) is 0 Å². The first kappa shape index (κ1) is 12.0. The van der Waals surface area contributed by atoms with Gasteiger partial charge in [-0.05, 0) is 11.1 Å². The summed E-state index contributed by atoms with van der Waals surface area (Å²) in [7, 11) is 0. The Morgan fingerprint density at radius 3 is 2.10 bits per heavy atom. The Bertz CT molecular complexity index is 597. The third-order valence-electron chi connectivity index (χ3n) is 4.18. The van der Waals surface area contributed by atoms with E-state index in [0.717, 1.165) is 18.8 Å². The van der Waals surface area contributed by atoms with E-state index < -0.39 is 0 Å². The summed E-state index contributed by atoms with van der Waals surface area (Å²) in [5.41, 5.74) is 2.57. The minimum absolute atomic E-state index is 0.110. The number of nitrogens with zero attached hydrogens (tertiary/aromatic N) is 2. The molecular weight excluding hydrogens is 264 g/mol. The molecule has 0 N–H and O–H groups in total. The van der Waals surface area contributed by atoms with Gasteiger partial charge in [0.15, 0.2) is 5.17 Å². The van der Waals surface area contributed by atoms with Crippen LogP contribution in [0.5, 0.6) is 0 Å². The maximum Gasteiger partial charge on any atom is 0.160 e. The van der Waals surface area contributed by atoms with Gasteiger partial charge in [0.25, 0.3) is 0 Å². The van der Waals surface area contributed by atoms with Crippen molar-refractivity contribution < 1.29 is 0 Å². The number of hydrogen-bond acceptors (Lipinski definition) is 3. The van der Waals surface area contributed by atoms with Crippen molar-refractivity contribution in [2.24, 2.45) is 4.99 Å². The molecule has 0 amide bonds. The fourth-order valence-corrected chi connectivity index (χ4v) is 4.26. The first-order valence-electron chi connectivity index (χ1n) is 6.97. The maximum atomic E-state index is 4.81. The molecule has 1 saturated heterocycles. The molecular formula is C17H16N2S. The molecule has 0 saturated carbocycles. The Hall–Kier alpha value is -1.74. The number of thioether (sulfide) groups is 1. The number of fused-ring (bicyclic) bond motifs is 1. The molecule has 2 nitrogen and oxygen atoms in total. The van der Waals surface area contributed by atoms with Crippen LogP contribution in [0.25, 0.3) is 0 Å². The van der Waals surface area contributed by atoms with Crippen LogP contribution in [0.15, 0.2) is 65.7 Å². The summed E-state index contributed by atoms with van der Waals surface area (Å²) < 4.78 is 0. The van der Waals surface area contributed by atoms with Gasteiger partial charge in [-0.3, -0.25) is 4.99 Å². The highest BCUT2D eigenvalue weighted by Gasteiger charge is 2.47. The van der Waals surface area contributed by atoms with Gasteiger partial charge in [-0.25, -0.2) is 0 Å². The molecule has 20 heavy (non-hydrogen) atoms. The molecule has 100 valence electrons. The van der Waals surface area contributed by atoms with Crippen molar-refractivity contribution in [3.63, 3.8) is 0 Å². The zero-order valence-electron chi connectivity index (χ0n) is 11.2. The average molecular weight is 280 g/mol. The largest absolute Gasteiger partial charge is 0.335 e. The van der Waals surface area contributed by atoms with Gasteiger partial charge in [0.1, 0.15) is 5.54 Å². The van der Waals surface area contributed by atoms with E-state index in [9.17, 15) is 0 Å². The van der Waals surface area contributed by atoms with Gasteiger partial charge < -0.3 is 4.90 Å². The van der Waals surface area contributed by atoms with E-state index in [1.54, 1.807) is 0 Å². The summed E-state index contributed by atoms with van der Waals surface area (Å²) >= 11 is 1.88. The van der Waals surface area contributed by atoms with E-state index in [1.165, 1.54) is 16.3 Å². The lowest BCUT2D eigenvalue weighted by molar-refractivity contribution is 0.274. The second-order valence-corrected chi connectivity index (χ2v) is 6.25. The molecule has 0 unspecified atom stereocenters. The highest BCUT2D eigenvalue weighted by molar-refractivity contribution is 8.14. The summed E-state index contributed by atoms with van der Waals surface area (Å²) in [6.45, 7) is 1.90. The molecule has 0 spiro atoms. The van der Waals surface area contributed by atoms with Crippen LogP contribution in [0.1, 0.15) is 11.1 Å². The fraction of sp³-hybridized carbons (Fsp3) is 0.235. The van der Waals surface area contributed by atoms with Crippen molar-refractivity contribution in [3.05, 3.63) is 71.8 Å². The lowest BCUT2D eigenvalue weighted by Gasteiger charge is -2.38. The number of rotatable bonds is 2. The first-order valence-corrected chi connectivity index (χ1v) is 7.96. The van der Waals surface area contributed by atoms with Gasteiger partial charge in [0.2, 0.25) is 0 Å². The van der Waals surface area contributed by atoms with Crippen molar-refractivity contribution in [2.45, 2.75) is 5.54 Å². The maximum absolute atomic E-state index is 4.81. The van der Waals surface area contributed by atoms with Crippen LogP contribution in [0, 0.1) is 0 Å². The number of benzene rings is 2. The van der Waals surface area contributed by atoms with Gasteiger partial charge in [-0.1, -0.05) is 72.4 Å². The highest BCUT2D eigenvalue weighted by atomic mass is 32.2. The molecule has 0 bridgehead atoms. The molecule has 2 aromatic rings. The third-order valence-corrected chi connectivity index (χ3v) is 5.18. The molecule has 0 aliphatic carbocycles. The molecule has 0 atom stereocenters. The Morgan fingerprint density at radius 2 is 1.50 bits per heavy atom. The molecule has 2 aromatic carbocycles. The van der Waals surface area contributed by atoms with Crippen LogP contribution in [-0.4, -0.2) is 28.9 Å². The minimum atomic E-state index is -0.110. The Balaban J connectivity index is 1.91. The monoisotopic (exact) mass is 280 g/mol. The van der Waals surface area contributed by atoms with Gasteiger partial charge in [-0.15, -0.1) is 0 Å². The standard InChI is InChI=1S/C17H16N2S/c1-3-7-14(8-4-1)17(15-9-5-2-6-10-15)13-18-16-19(17)11-12-20-16/h1-10H,11-13H2. The summed E-state index contributed by atoms with van der Waals surface area (Å²) in [6.07, 6.45) is 0. The van der Waals surface area contributed by atoms with Crippen LogP contribution in [0.4, 0.5) is 0 Å². The Labute approximate surface area is 123 Å². The minimum Gasteiger partial charge on any atom is -0.335 e. The molecule has 4 rings (SSSR count). The molecule has 2 aliphatic heterocycles. The lowest BCUT2D eigenvalue weighted by atomic mass is 9.82. The van der Waals surface area contributed by atoms with E-state index in [0.29, 0.717) is 0 Å². The molecule has 2 aliphatic rings. The van der Waals surface area contributed by atoms with Gasteiger partial charge in [-0.2, -0.15) is 0 Å². The second kappa shape index (κ2) is 4.67. The Morgan fingerprint density at radius 1 is 0.900 bits per heavy atom. The van der Waals surface area contributed by atoms with Crippen molar-refractivity contribution >= 4 is 16.9 Å². The zero-order chi connectivity index (χ0) is 13.4. The topological polar surface area (TPSA) is 15.6 Å². The van der Waals surface area contributed by atoms with Crippen LogP contribution >= 0.6 is 11.8 Å². The van der Waals surface area contributed by atoms with Crippen LogP contribution < -0.4 is 0 Å². The zero-order valence-corrected chi connectivity index (χ0v) is 12.0.